The lowest BCUT2D eigenvalue weighted by Gasteiger charge is -2.20. The molecule has 1 fully saturated rings. The molecule has 120 valence electrons. The first kappa shape index (κ1) is 16.7. The van der Waals surface area contributed by atoms with Gasteiger partial charge in [-0.1, -0.05) is 23.9 Å². The van der Waals surface area contributed by atoms with Gasteiger partial charge in [-0.15, -0.1) is 0 Å². The lowest BCUT2D eigenvalue weighted by molar-refractivity contribution is -0.142. The van der Waals surface area contributed by atoms with E-state index in [4.69, 9.17) is 0 Å². The first-order valence-electron chi connectivity index (χ1n) is 6.92. The van der Waals surface area contributed by atoms with Crippen LogP contribution >= 0.6 is 11.8 Å². The summed E-state index contributed by atoms with van der Waals surface area (Å²) in [6.07, 6.45) is 0.544. The highest BCUT2D eigenvalue weighted by molar-refractivity contribution is 7.99. The number of amides is 2. The predicted molar refractivity (Wildman–Crippen MR) is 80.5 cm³/mol. The van der Waals surface area contributed by atoms with Crippen LogP contribution in [0.15, 0.2) is 29.2 Å². The molecule has 0 unspecified atom stereocenters. The molecule has 22 heavy (non-hydrogen) atoms. The Morgan fingerprint density at radius 3 is 2.55 bits per heavy atom. The minimum absolute atomic E-state index is 0.138. The van der Waals surface area contributed by atoms with Gasteiger partial charge in [-0.3, -0.25) is 9.59 Å². The van der Waals surface area contributed by atoms with Gasteiger partial charge in [0.1, 0.15) is 5.92 Å². The quantitative estimate of drug-likeness (QED) is 0.616. The van der Waals surface area contributed by atoms with E-state index in [2.05, 4.69) is 0 Å². The van der Waals surface area contributed by atoms with Crippen molar-refractivity contribution in [3.63, 3.8) is 0 Å². The molecule has 1 heterocycles. The highest BCUT2D eigenvalue weighted by atomic mass is 32.2. The number of carbonyl (C=O) groups excluding carboxylic acids is 2. The number of likely N-dealkylation sites (tertiary alicyclic amines) is 1. The summed E-state index contributed by atoms with van der Waals surface area (Å²) in [5.74, 6) is -3.37. The van der Waals surface area contributed by atoms with E-state index in [1.807, 2.05) is 0 Å². The largest absolute Gasteiger partial charge is 0.345 e. The summed E-state index contributed by atoms with van der Waals surface area (Å²) in [6.45, 7) is 0.953. The third-order valence-electron chi connectivity index (χ3n) is 3.67. The van der Waals surface area contributed by atoms with Crippen LogP contribution in [0.4, 0.5) is 8.78 Å². The molecule has 0 radical (unpaired) electrons. The number of benzene rings is 1. The first-order chi connectivity index (χ1) is 10.4. The Bertz CT molecular complexity index is 551. The Morgan fingerprint density at radius 2 is 2.05 bits per heavy atom. The van der Waals surface area contributed by atoms with Crippen LogP contribution in [0.1, 0.15) is 12.0 Å². The maximum absolute atomic E-state index is 12.3. The maximum Gasteiger partial charge on any atom is 0.288 e. The normalized spacial score (nSPS) is 18.1. The minimum atomic E-state index is -2.44. The van der Waals surface area contributed by atoms with Crippen molar-refractivity contribution in [2.75, 3.05) is 20.6 Å². The molecule has 1 atom stereocenters. The molecule has 0 aromatic heterocycles. The Labute approximate surface area is 132 Å². The van der Waals surface area contributed by atoms with Gasteiger partial charge in [0.2, 0.25) is 11.8 Å². The van der Waals surface area contributed by atoms with Crippen LogP contribution in [-0.2, 0) is 16.1 Å². The van der Waals surface area contributed by atoms with Crippen molar-refractivity contribution >= 4 is 23.6 Å². The van der Waals surface area contributed by atoms with Gasteiger partial charge in [-0.25, -0.2) is 0 Å². The van der Waals surface area contributed by atoms with E-state index in [1.165, 1.54) is 4.90 Å². The molecule has 1 aliphatic rings. The number of halogens is 2. The fourth-order valence-electron chi connectivity index (χ4n) is 2.45. The topological polar surface area (TPSA) is 40.6 Å². The molecular weight excluding hydrogens is 310 g/mol. The summed E-state index contributed by atoms with van der Waals surface area (Å²) >= 11 is 0.489. The van der Waals surface area contributed by atoms with E-state index in [-0.39, 0.29) is 11.8 Å². The average Bonchev–Trinajstić information content (AvgIpc) is 2.80. The summed E-state index contributed by atoms with van der Waals surface area (Å²) in [5, 5.41) is 0. The van der Waals surface area contributed by atoms with Gasteiger partial charge in [-0.2, -0.15) is 8.78 Å². The van der Waals surface area contributed by atoms with Crippen LogP contribution in [0.25, 0.3) is 0 Å². The molecule has 1 saturated heterocycles. The predicted octanol–water partition coefficient (Wildman–Crippen LogP) is 2.44. The average molecular weight is 328 g/mol. The zero-order valence-corrected chi connectivity index (χ0v) is 13.3. The third-order valence-corrected chi connectivity index (χ3v) is 4.39. The Kier molecular flexibility index (Phi) is 5.39. The van der Waals surface area contributed by atoms with E-state index >= 15 is 0 Å². The molecule has 1 aliphatic heterocycles. The van der Waals surface area contributed by atoms with Crippen LogP contribution in [-0.4, -0.2) is 48.0 Å². The zero-order valence-electron chi connectivity index (χ0n) is 12.5. The number of alkyl halides is 2. The molecular formula is C15H18F2N2O2S. The van der Waals surface area contributed by atoms with E-state index in [0.717, 1.165) is 5.56 Å². The molecule has 0 spiro atoms. The molecule has 0 bridgehead atoms. The van der Waals surface area contributed by atoms with Gasteiger partial charge in [-0.05, 0) is 24.1 Å². The molecule has 0 saturated carbocycles. The van der Waals surface area contributed by atoms with Crippen LogP contribution < -0.4 is 0 Å². The highest BCUT2D eigenvalue weighted by Gasteiger charge is 2.36. The lowest BCUT2D eigenvalue weighted by atomic mass is 10.1. The van der Waals surface area contributed by atoms with Gasteiger partial charge in [0.25, 0.3) is 5.76 Å². The molecule has 7 heteroatoms. The number of nitrogens with zero attached hydrogens (tertiary/aromatic N) is 2. The number of carbonyl (C=O) groups is 2. The van der Waals surface area contributed by atoms with Gasteiger partial charge < -0.3 is 9.80 Å². The van der Waals surface area contributed by atoms with Crippen molar-refractivity contribution < 1.29 is 18.4 Å². The molecule has 0 N–H and O–H groups in total. The fraction of sp³-hybridized carbons (Fsp3) is 0.467. The van der Waals surface area contributed by atoms with Gasteiger partial charge in [0.05, 0.1) is 0 Å². The second-order valence-electron chi connectivity index (χ2n) is 5.32. The van der Waals surface area contributed by atoms with Crippen LogP contribution in [0, 0.1) is 5.92 Å². The summed E-state index contributed by atoms with van der Waals surface area (Å²) < 4.78 is 24.5. The summed E-state index contributed by atoms with van der Waals surface area (Å²) in [5.41, 5.74) is 0.841. The summed E-state index contributed by atoms with van der Waals surface area (Å²) in [4.78, 5) is 27.7. The Morgan fingerprint density at radius 1 is 1.41 bits per heavy atom. The van der Waals surface area contributed by atoms with Crippen LogP contribution in [0.2, 0.25) is 0 Å². The van der Waals surface area contributed by atoms with E-state index in [1.54, 1.807) is 43.3 Å². The molecule has 1 aromatic carbocycles. The first-order valence-corrected chi connectivity index (χ1v) is 7.80. The monoisotopic (exact) mass is 328 g/mol. The highest BCUT2D eigenvalue weighted by Crippen LogP contribution is 2.25. The smallest absolute Gasteiger partial charge is 0.288 e. The maximum atomic E-state index is 12.3. The van der Waals surface area contributed by atoms with Crippen molar-refractivity contribution in [2.24, 2.45) is 5.92 Å². The SMILES string of the molecule is CN1CC[C@@H](C(=O)N(C)Cc2ccc(SC(F)F)cc2)C1=O. The standard InChI is InChI=1S/C15H18F2N2O2S/c1-18-8-7-12(13(18)20)14(21)19(2)9-10-3-5-11(6-4-10)22-15(16)17/h3-6,12,15H,7-9H2,1-2H3/t12-/m1/s1. The summed E-state index contributed by atoms with van der Waals surface area (Å²) in [7, 11) is 3.34. The number of thioether (sulfide) groups is 1. The third kappa shape index (κ3) is 3.97. The van der Waals surface area contributed by atoms with Gasteiger partial charge >= 0.3 is 0 Å². The van der Waals surface area contributed by atoms with Gasteiger partial charge in [0, 0.05) is 32.1 Å². The van der Waals surface area contributed by atoms with Crippen molar-refractivity contribution in [3.8, 4) is 0 Å². The molecule has 4 nitrogen and oxygen atoms in total. The van der Waals surface area contributed by atoms with Crippen molar-refractivity contribution in [1.82, 2.24) is 9.80 Å². The van der Waals surface area contributed by atoms with E-state index in [9.17, 15) is 18.4 Å². The molecule has 0 aliphatic carbocycles. The number of rotatable bonds is 5. The van der Waals surface area contributed by atoms with Crippen molar-refractivity contribution in [2.45, 2.75) is 23.6 Å². The number of hydrogen-bond acceptors (Lipinski definition) is 3. The van der Waals surface area contributed by atoms with Crippen LogP contribution in [0.3, 0.4) is 0 Å². The van der Waals surface area contributed by atoms with Crippen molar-refractivity contribution in [1.29, 1.82) is 0 Å². The molecule has 2 amide bonds. The van der Waals surface area contributed by atoms with E-state index < -0.39 is 11.7 Å². The van der Waals surface area contributed by atoms with Crippen LogP contribution in [0.5, 0.6) is 0 Å². The molecule has 1 aromatic rings. The van der Waals surface area contributed by atoms with E-state index in [0.29, 0.717) is 36.2 Å². The second-order valence-corrected chi connectivity index (χ2v) is 6.38. The van der Waals surface area contributed by atoms with Gasteiger partial charge in [0.15, 0.2) is 0 Å². The second kappa shape index (κ2) is 7.09. The molecule has 2 rings (SSSR count). The van der Waals surface area contributed by atoms with Crippen molar-refractivity contribution in [3.05, 3.63) is 29.8 Å². The summed E-state index contributed by atoms with van der Waals surface area (Å²) in [6, 6.07) is 6.66. The lowest BCUT2D eigenvalue weighted by Crippen LogP contribution is -2.36. The fourth-order valence-corrected chi connectivity index (χ4v) is 2.94. The zero-order chi connectivity index (χ0) is 16.3. The minimum Gasteiger partial charge on any atom is -0.345 e. The Balaban J connectivity index is 1.95. The number of hydrogen-bond donors (Lipinski definition) is 0. The Hall–Kier alpha value is -1.63.